The van der Waals surface area contributed by atoms with Crippen molar-refractivity contribution in [1.82, 2.24) is 4.68 Å². The van der Waals surface area contributed by atoms with Crippen molar-refractivity contribution in [2.24, 2.45) is 0 Å². The summed E-state index contributed by atoms with van der Waals surface area (Å²) in [5.41, 5.74) is 3.20. The highest BCUT2D eigenvalue weighted by atomic mass is 35.5. The average Bonchev–Trinajstić information content (AvgIpc) is 3.26. The van der Waals surface area contributed by atoms with Crippen molar-refractivity contribution < 1.29 is 23.5 Å². The van der Waals surface area contributed by atoms with Gasteiger partial charge in [0.05, 0.1) is 17.8 Å². The summed E-state index contributed by atoms with van der Waals surface area (Å²) in [6.45, 7) is 2.72. The second kappa shape index (κ2) is 12.2. The first-order valence-corrected chi connectivity index (χ1v) is 12.5. The number of aromatic nitrogens is 1. The number of para-hydroxylation sites is 1. The lowest BCUT2D eigenvalue weighted by atomic mass is 10.2. The minimum atomic E-state index is -1.02. The summed E-state index contributed by atoms with van der Waals surface area (Å²) in [4.78, 5) is 38.5. The molecule has 0 atom stereocenters. The van der Waals surface area contributed by atoms with Gasteiger partial charge in [-0.05, 0) is 67.1 Å². The maximum atomic E-state index is 14.1. The van der Waals surface area contributed by atoms with E-state index in [1.807, 2.05) is 0 Å². The first-order valence-electron chi connectivity index (χ1n) is 12.1. The van der Waals surface area contributed by atoms with E-state index in [1.54, 1.807) is 48.5 Å². The molecule has 3 N–H and O–H groups in total. The molecule has 1 aromatic heterocycles. The zero-order valence-corrected chi connectivity index (χ0v) is 21.3. The van der Waals surface area contributed by atoms with Gasteiger partial charge in [-0.15, -0.1) is 0 Å². The fraction of sp³-hybridized carbons (Fsp3) is 0.179. The van der Waals surface area contributed by atoms with E-state index in [4.69, 9.17) is 16.3 Å². The zero-order chi connectivity index (χ0) is 27.1. The zero-order valence-electron chi connectivity index (χ0n) is 20.6. The minimum absolute atomic E-state index is 0.0313. The van der Waals surface area contributed by atoms with Crippen molar-refractivity contribution in [2.75, 3.05) is 22.7 Å². The van der Waals surface area contributed by atoms with Gasteiger partial charge in [-0.1, -0.05) is 43.5 Å². The molecule has 0 fully saturated rings. The first kappa shape index (κ1) is 26.7. The quantitative estimate of drug-likeness (QED) is 0.181. The molecule has 0 spiro atoms. The summed E-state index contributed by atoms with van der Waals surface area (Å²) < 4.78 is 20.9. The molecule has 0 aliphatic heterocycles. The Bertz CT molecular complexity index is 1470. The minimum Gasteiger partial charge on any atom is -0.494 e. The standard InChI is InChI=1S/C28H26ClFN4O4/c1-2-3-6-15-38-21-12-10-20(11-13-21)31-27(36)28(37)33-34-24-14-9-19(29)16-18(24)17-25(34)26(35)32-23-8-5-4-7-22(23)30/h4-5,7-14,16-17H,2-3,6,15H2,1H3,(H,31,36)(H,32,35)(H,33,37). The average molecular weight is 537 g/mol. The highest BCUT2D eigenvalue weighted by molar-refractivity contribution is 6.42. The summed E-state index contributed by atoms with van der Waals surface area (Å²) in [5, 5.41) is 5.95. The maximum absolute atomic E-state index is 14.1. The lowest BCUT2D eigenvalue weighted by molar-refractivity contribution is -0.133. The topological polar surface area (TPSA) is 101 Å². The van der Waals surface area contributed by atoms with Gasteiger partial charge in [-0.3, -0.25) is 19.8 Å². The number of benzene rings is 3. The third-order valence-electron chi connectivity index (χ3n) is 5.67. The van der Waals surface area contributed by atoms with Crippen LogP contribution in [-0.2, 0) is 9.59 Å². The number of nitrogens with zero attached hydrogens (tertiary/aromatic N) is 1. The van der Waals surface area contributed by atoms with Crippen LogP contribution in [0.5, 0.6) is 5.75 Å². The number of carbonyl (C=O) groups excluding carboxylic acids is 3. The highest BCUT2D eigenvalue weighted by Gasteiger charge is 2.22. The molecule has 0 aliphatic carbocycles. The maximum Gasteiger partial charge on any atom is 0.328 e. The lowest BCUT2D eigenvalue weighted by Gasteiger charge is -2.13. The van der Waals surface area contributed by atoms with E-state index in [1.165, 1.54) is 24.3 Å². The molecule has 0 unspecified atom stereocenters. The number of ether oxygens (including phenoxy) is 1. The third-order valence-corrected chi connectivity index (χ3v) is 5.90. The largest absolute Gasteiger partial charge is 0.494 e. The SMILES string of the molecule is CCCCCOc1ccc(NC(=O)C(=O)Nn2c(C(=O)Nc3ccccc3F)cc3cc(Cl)ccc32)cc1. The number of fused-ring (bicyclic) bond motifs is 1. The summed E-state index contributed by atoms with van der Waals surface area (Å²) in [7, 11) is 0. The van der Waals surface area contributed by atoms with Crippen molar-refractivity contribution in [3.63, 3.8) is 0 Å². The van der Waals surface area contributed by atoms with Crippen molar-refractivity contribution in [3.8, 4) is 5.75 Å². The summed E-state index contributed by atoms with van der Waals surface area (Å²) in [6, 6.07) is 18.6. The summed E-state index contributed by atoms with van der Waals surface area (Å²) in [5.74, 6) is -2.62. The predicted molar refractivity (Wildman–Crippen MR) is 146 cm³/mol. The van der Waals surface area contributed by atoms with Crippen LogP contribution in [0.3, 0.4) is 0 Å². The molecule has 3 amide bonds. The Kier molecular flexibility index (Phi) is 8.60. The van der Waals surface area contributed by atoms with Crippen molar-refractivity contribution in [3.05, 3.63) is 89.3 Å². The Morgan fingerprint density at radius 2 is 1.68 bits per heavy atom. The smallest absolute Gasteiger partial charge is 0.328 e. The van der Waals surface area contributed by atoms with Crippen LogP contribution in [0.4, 0.5) is 15.8 Å². The molecule has 38 heavy (non-hydrogen) atoms. The fourth-order valence-electron chi connectivity index (χ4n) is 3.74. The summed E-state index contributed by atoms with van der Waals surface area (Å²) in [6.07, 6.45) is 3.13. The number of hydrogen-bond acceptors (Lipinski definition) is 4. The van der Waals surface area contributed by atoms with Crippen molar-refractivity contribution >= 4 is 51.6 Å². The van der Waals surface area contributed by atoms with Gasteiger partial charge < -0.3 is 15.4 Å². The highest BCUT2D eigenvalue weighted by Crippen LogP contribution is 2.24. The molecule has 1 heterocycles. The second-order valence-corrected chi connectivity index (χ2v) is 8.91. The van der Waals surface area contributed by atoms with E-state index in [0.29, 0.717) is 34.0 Å². The number of rotatable bonds is 9. The van der Waals surface area contributed by atoms with E-state index in [-0.39, 0.29) is 11.4 Å². The molecular weight excluding hydrogens is 511 g/mol. The van der Waals surface area contributed by atoms with Gasteiger partial charge in [-0.25, -0.2) is 9.07 Å². The molecule has 4 aromatic rings. The van der Waals surface area contributed by atoms with Gasteiger partial charge in [-0.2, -0.15) is 0 Å². The monoisotopic (exact) mass is 536 g/mol. The van der Waals surface area contributed by atoms with E-state index in [0.717, 1.165) is 23.9 Å². The molecule has 0 bridgehead atoms. The van der Waals surface area contributed by atoms with Gasteiger partial charge in [0, 0.05) is 16.1 Å². The van der Waals surface area contributed by atoms with Crippen LogP contribution in [0.25, 0.3) is 10.9 Å². The predicted octanol–water partition coefficient (Wildman–Crippen LogP) is 5.96. The Balaban J connectivity index is 1.49. The number of nitrogens with one attached hydrogen (secondary N) is 3. The lowest BCUT2D eigenvalue weighted by Crippen LogP contribution is -2.36. The number of carbonyl (C=O) groups is 3. The molecule has 0 saturated carbocycles. The van der Waals surface area contributed by atoms with Gasteiger partial charge in [0.1, 0.15) is 17.3 Å². The third kappa shape index (κ3) is 6.49. The van der Waals surface area contributed by atoms with Crippen LogP contribution in [0, 0.1) is 5.82 Å². The molecule has 0 saturated heterocycles. The number of unbranched alkanes of at least 4 members (excludes halogenated alkanes) is 2. The molecule has 3 aromatic carbocycles. The molecule has 8 nitrogen and oxygen atoms in total. The van der Waals surface area contributed by atoms with Gasteiger partial charge in [0.2, 0.25) is 0 Å². The van der Waals surface area contributed by atoms with E-state index in [9.17, 15) is 18.8 Å². The van der Waals surface area contributed by atoms with E-state index >= 15 is 0 Å². The number of hydrogen-bond donors (Lipinski definition) is 3. The van der Waals surface area contributed by atoms with Gasteiger partial charge in [0.25, 0.3) is 5.91 Å². The Morgan fingerprint density at radius 1 is 0.921 bits per heavy atom. The number of anilines is 2. The van der Waals surface area contributed by atoms with E-state index < -0.39 is 23.5 Å². The van der Waals surface area contributed by atoms with Gasteiger partial charge in [0.15, 0.2) is 0 Å². The normalized spacial score (nSPS) is 10.7. The second-order valence-electron chi connectivity index (χ2n) is 8.48. The Morgan fingerprint density at radius 3 is 2.42 bits per heavy atom. The Hall–Kier alpha value is -4.37. The molecule has 4 rings (SSSR count). The van der Waals surface area contributed by atoms with Crippen LogP contribution < -0.4 is 20.8 Å². The van der Waals surface area contributed by atoms with Gasteiger partial charge >= 0.3 is 11.8 Å². The summed E-state index contributed by atoms with van der Waals surface area (Å²) >= 11 is 6.09. The first-order chi connectivity index (χ1) is 18.4. The molecule has 10 heteroatoms. The molecular formula is C28H26ClFN4O4. The molecule has 0 radical (unpaired) electrons. The van der Waals surface area contributed by atoms with Crippen LogP contribution in [-0.4, -0.2) is 29.0 Å². The molecule has 0 aliphatic rings. The number of amides is 3. The van der Waals surface area contributed by atoms with Crippen LogP contribution in [0.15, 0.2) is 72.8 Å². The van der Waals surface area contributed by atoms with Crippen molar-refractivity contribution in [1.29, 1.82) is 0 Å². The van der Waals surface area contributed by atoms with Crippen LogP contribution in [0.1, 0.15) is 36.7 Å². The Labute approximate surface area is 223 Å². The fourth-order valence-corrected chi connectivity index (χ4v) is 3.92. The molecule has 196 valence electrons. The van der Waals surface area contributed by atoms with E-state index in [2.05, 4.69) is 23.0 Å². The van der Waals surface area contributed by atoms with Crippen molar-refractivity contribution in [2.45, 2.75) is 26.2 Å². The van der Waals surface area contributed by atoms with Crippen LogP contribution >= 0.6 is 11.6 Å². The number of halogens is 2. The van der Waals surface area contributed by atoms with Crippen LogP contribution in [0.2, 0.25) is 5.02 Å².